The molecule has 2 atom stereocenters. The predicted octanol–water partition coefficient (Wildman–Crippen LogP) is 5.28. The van der Waals surface area contributed by atoms with Gasteiger partial charge in [-0.3, -0.25) is 0 Å². The highest BCUT2D eigenvalue weighted by molar-refractivity contribution is 4.79. The van der Waals surface area contributed by atoms with Crippen molar-refractivity contribution in [2.75, 3.05) is 0 Å². The summed E-state index contributed by atoms with van der Waals surface area (Å²) in [6.45, 7) is 7.39. The van der Waals surface area contributed by atoms with Crippen molar-refractivity contribution in [3.63, 3.8) is 0 Å². The van der Waals surface area contributed by atoms with Gasteiger partial charge < -0.3 is 0 Å². The third kappa shape index (κ3) is 3.02. The van der Waals surface area contributed by atoms with Crippen LogP contribution in [0.15, 0.2) is 0 Å². The van der Waals surface area contributed by atoms with Crippen LogP contribution in [0.3, 0.4) is 0 Å². The maximum Gasteiger partial charge on any atom is -0.0386 e. The second-order valence-electron chi connectivity index (χ2n) is 6.90. The molecule has 0 spiro atoms. The van der Waals surface area contributed by atoms with Crippen LogP contribution in [0.4, 0.5) is 0 Å². The van der Waals surface area contributed by atoms with Gasteiger partial charge in [-0.05, 0) is 42.4 Å². The molecule has 0 N–H and O–H groups in total. The molecule has 2 fully saturated rings. The summed E-state index contributed by atoms with van der Waals surface area (Å²) in [6.07, 6.45) is 12.1. The van der Waals surface area contributed by atoms with Crippen LogP contribution in [-0.2, 0) is 0 Å². The SMILES string of the molecule is CC1CC(CCCC(C)C(C)C2CCC2)C1. The zero-order chi connectivity index (χ0) is 11.5. The Morgan fingerprint density at radius 1 is 1.12 bits per heavy atom. The molecule has 2 aliphatic rings. The van der Waals surface area contributed by atoms with E-state index in [1.54, 1.807) is 0 Å². The van der Waals surface area contributed by atoms with Crippen molar-refractivity contribution in [2.24, 2.45) is 29.6 Å². The van der Waals surface area contributed by atoms with E-state index in [9.17, 15) is 0 Å². The van der Waals surface area contributed by atoms with Gasteiger partial charge in [0.05, 0.1) is 0 Å². The molecule has 94 valence electrons. The van der Waals surface area contributed by atoms with E-state index in [-0.39, 0.29) is 0 Å². The van der Waals surface area contributed by atoms with Gasteiger partial charge in [0.15, 0.2) is 0 Å². The Kier molecular flexibility index (Phi) is 4.33. The largest absolute Gasteiger partial charge is 0.0625 e. The Morgan fingerprint density at radius 3 is 2.31 bits per heavy atom. The van der Waals surface area contributed by atoms with Crippen molar-refractivity contribution < 1.29 is 0 Å². The first kappa shape index (κ1) is 12.5. The van der Waals surface area contributed by atoms with Gasteiger partial charge >= 0.3 is 0 Å². The highest BCUT2D eigenvalue weighted by atomic mass is 14.3. The molecular weight excluding hydrogens is 192 g/mol. The minimum atomic E-state index is 0.975. The lowest BCUT2D eigenvalue weighted by Gasteiger charge is -2.36. The van der Waals surface area contributed by atoms with Crippen molar-refractivity contribution >= 4 is 0 Å². The monoisotopic (exact) mass is 222 g/mol. The highest BCUT2D eigenvalue weighted by Crippen LogP contribution is 2.40. The molecule has 0 radical (unpaired) electrons. The average Bonchev–Trinajstić information content (AvgIpc) is 2.11. The van der Waals surface area contributed by atoms with E-state index in [1.807, 2.05) is 0 Å². The number of rotatable bonds is 6. The first-order valence-electron chi connectivity index (χ1n) is 7.66. The predicted molar refractivity (Wildman–Crippen MR) is 71.4 cm³/mol. The molecule has 0 heteroatoms. The summed E-state index contributed by atoms with van der Waals surface area (Å²) < 4.78 is 0. The molecule has 0 aromatic carbocycles. The molecule has 0 aromatic heterocycles. The summed E-state index contributed by atoms with van der Waals surface area (Å²) in [4.78, 5) is 0. The molecule has 2 saturated carbocycles. The fourth-order valence-corrected chi connectivity index (χ4v) is 3.73. The fourth-order valence-electron chi connectivity index (χ4n) is 3.73. The van der Waals surface area contributed by atoms with Crippen LogP contribution < -0.4 is 0 Å². The van der Waals surface area contributed by atoms with Gasteiger partial charge in [-0.1, -0.05) is 59.3 Å². The first-order chi connectivity index (χ1) is 7.66. The van der Waals surface area contributed by atoms with Crippen LogP contribution >= 0.6 is 0 Å². The summed E-state index contributed by atoms with van der Waals surface area (Å²) in [5.74, 6) is 5.19. The van der Waals surface area contributed by atoms with E-state index in [0.29, 0.717) is 0 Å². The van der Waals surface area contributed by atoms with Crippen LogP contribution in [0.25, 0.3) is 0 Å². The molecule has 0 amide bonds. The van der Waals surface area contributed by atoms with Crippen LogP contribution in [0.2, 0.25) is 0 Å². The van der Waals surface area contributed by atoms with Gasteiger partial charge in [0.2, 0.25) is 0 Å². The molecule has 2 unspecified atom stereocenters. The van der Waals surface area contributed by atoms with Crippen molar-refractivity contribution in [2.45, 2.75) is 72.1 Å². The normalized spacial score (nSPS) is 33.9. The quantitative estimate of drug-likeness (QED) is 0.574. The Morgan fingerprint density at radius 2 is 1.81 bits per heavy atom. The van der Waals surface area contributed by atoms with Crippen LogP contribution in [-0.4, -0.2) is 0 Å². The van der Waals surface area contributed by atoms with E-state index in [0.717, 1.165) is 29.6 Å². The van der Waals surface area contributed by atoms with Gasteiger partial charge in [0.25, 0.3) is 0 Å². The van der Waals surface area contributed by atoms with Crippen molar-refractivity contribution in [3.8, 4) is 0 Å². The Balaban J connectivity index is 1.54. The molecule has 2 rings (SSSR count). The molecule has 0 aliphatic heterocycles. The molecule has 0 heterocycles. The van der Waals surface area contributed by atoms with Crippen molar-refractivity contribution in [3.05, 3.63) is 0 Å². The van der Waals surface area contributed by atoms with Crippen LogP contribution in [0.1, 0.15) is 72.1 Å². The topological polar surface area (TPSA) is 0 Å². The lowest BCUT2D eigenvalue weighted by Crippen LogP contribution is -2.25. The summed E-state index contributed by atoms with van der Waals surface area (Å²) in [5, 5.41) is 0. The lowest BCUT2D eigenvalue weighted by atomic mass is 9.70. The Bertz CT molecular complexity index is 198. The minimum Gasteiger partial charge on any atom is -0.0625 e. The smallest absolute Gasteiger partial charge is 0.0386 e. The molecular formula is C16H30. The van der Waals surface area contributed by atoms with Gasteiger partial charge in [-0.2, -0.15) is 0 Å². The van der Waals surface area contributed by atoms with Gasteiger partial charge in [0, 0.05) is 0 Å². The number of hydrogen-bond acceptors (Lipinski definition) is 0. The van der Waals surface area contributed by atoms with Gasteiger partial charge in [-0.25, -0.2) is 0 Å². The maximum atomic E-state index is 2.50. The van der Waals surface area contributed by atoms with E-state index in [4.69, 9.17) is 0 Å². The molecule has 0 aromatic rings. The van der Waals surface area contributed by atoms with Gasteiger partial charge in [0.1, 0.15) is 0 Å². The summed E-state index contributed by atoms with van der Waals surface area (Å²) in [6, 6.07) is 0. The molecule has 0 saturated heterocycles. The summed E-state index contributed by atoms with van der Waals surface area (Å²) >= 11 is 0. The molecule has 2 aliphatic carbocycles. The summed E-state index contributed by atoms with van der Waals surface area (Å²) in [5.41, 5.74) is 0. The summed E-state index contributed by atoms with van der Waals surface area (Å²) in [7, 11) is 0. The zero-order valence-electron chi connectivity index (χ0n) is 11.5. The molecule has 16 heavy (non-hydrogen) atoms. The van der Waals surface area contributed by atoms with Crippen LogP contribution in [0.5, 0.6) is 0 Å². The third-order valence-electron chi connectivity index (χ3n) is 5.53. The zero-order valence-corrected chi connectivity index (χ0v) is 11.5. The van der Waals surface area contributed by atoms with Crippen molar-refractivity contribution in [1.29, 1.82) is 0 Å². The van der Waals surface area contributed by atoms with Crippen molar-refractivity contribution in [1.82, 2.24) is 0 Å². The Labute approximate surface area is 102 Å². The van der Waals surface area contributed by atoms with E-state index in [1.165, 1.54) is 51.4 Å². The average molecular weight is 222 g/mol. The van der Waals surface area contributed by atoms with E-state index >= 15 is 0 Å². The fraction of sp³-hybridized carbons (Fsp3) is 1.00. The second-order valence-corrected chi connectivity index (χ2v) is 6.90. The van der Waals surface area contributed by atoms with E-state index < -0.39 is 0 Å². The lowest BCUT2D eigenvalue weighted by molar-refractivity contribution is 0.150. The van der Waals surface area contributed by atoms with E-state index in [2.05, 4.69) is 20.8 Å². The second kappa shape index (κ2) is 5.56. The molecule has 0 nitrogen and oxygen atoms in total. The molecule has 0 bridgehead atoms. The van der Waals surface area contributed by atoms with Crippen LogP contribution in [0, 0.1) is 29.6 Å². The minimum absolute atomic E-state index is 0.975. The first-order valence-corrected chi connectivity index (χ1v) is 7.66. The Hall–Kier alpha value is 0. The maximum absolute atomic E-state index is 2.50. The number of hydrogen-bond donors (Lipinski definition) is 0. The highest BCUT2D eigenvalue weighted by Gasteiger charge is 2.28. The third-order valence-corrected chi connectivity index (χ3v) is 5.53. The van der Waals surface area contributed by atoms with Gasteiger partial charge in [-0.15, -0.1) is 0 Å². The standard InChI is InChI=1S/C16H30/c1-12-10-15(11-12)7-4-6-13(2)14(3)16-8-5-9-16/h12-16H,4-11H2,1-3H3.